The number of rotatable bonds is 12. The summed E-state index contributed by atoms with van der Waals surface area (Å²) in [5.74, 6) is 1.57. The van der Waals surface area contributed by atoms with Crippen molar-refractivity contribution in [2.75, 3.05) is 19.4 Å². The van der Waals surface area contributed by atoms with Crippen molar-refractivity contribution < 1.29 is 14.3 Å². The Balaban J connectivity index is 1.85. The van der Waals surface area contributed by atoms with Crippen molar-refractivity contribution in [2.24, 2.45) is 0 Å². The smallest absolute Gasteiger partial charge is 0.243 e. The molecular weight excluding hydrogens is 456 g/mol. The van der Waals surface area contributed by atoms with Crippen molar-refractivity contribution in [3.63, 3.8) is 0 Å². The molecule has 0 spiro atoms. The largest absolute Gasteiger partial charge is 0.497 e. The number of amides is 2. The number of hydrogen-bond acceptors (Lipinski definition) is 4. The van der Waals surface area contributed by atoms with E-state index in [4.69, 9.17) is 4.74 Å². The summed E-state index contributed by atoms with van der Waals surface area (Å²) in [6.07, 6.45) is 0.449. The highest BCUT2D eigenvalue weighted by Gasteiger charge is 2.30. The molecule has 184 valence electrons. The molecule has 0 saturated heterocycles. The standard InChI is InChI=1S/C29H34N2O3S/c1-4-30-29(33)27(18-23-12-6-5-7-13-23)31(19-24-14-10-16-26(17-24)34-3)28(32)21-35-20-25-15-9-8-11-22(25)2/h5-17,27H,4,18-21H2,1-3H3,(H,30,33)/t27-/m1/s1. The minimum absolute atomic E-state index is 0.0569. The summed E-state index contributed by atoms with van der Waals surface area (Å²) in [5, 5.41) is 2.93. The van der Waals surface area contributed by atoms with Crippen LogP contribution in [0.3, 0.4) is 0 Å². The van der Waals surface area contributed by atoms with Crippen LogP contribution < -0.4 is 10.1 Å². The van der Waals surface area contributed by atoms with Crippen LogP contribution in [0.1, 0.15) is 29.2 Å². The molecule has 0 aliphatic carbocycles. The number of carbonyl (C=O) groups is 2. The molecule has 0 radical (unpaired) electrons. The molecule has 3 aromatic rings. The second kappa shape index (κ2) is 13.6. The SMILES string of the molecule is CCNC(=O)[C@@H](Cc1ccccc1)N(Cc1cccc(OC)c1)C(=O)CSCc1ccccc1C. The molecule has 0 fully saturated rings. The van der Waals surface area contributed by atoms with Crippen LogP contribution in [0.5, 0.6) is 5.75 Å². The number of hydrogen-bond donors (Lipinski definition) is 1. The van der Waals surface area contributed by atoms with Crippen LogP contribution in [0.4, 0.5) is 0 Å². The third-order valence-electron chi connectivity index (χ3n) is 5.85. The molecule has 1 N–H and O–H groups in total. The molecule has 0 saturated carbocycles. The highest BCUT2D eigenvalue weighted by Crippen LogP contribution is 2.21. The van der Waals surface area contributed by atoms with Gasteiger partial charge in [0.15, 0.2) is 0 Å². The lowest BCUT2D eigenvalue weighted by atomic mass is 10.0. The Kier molecular flexibility index (Phi) is 10.2. The fourth-order valence-electron chi connectivity index (χ4n) is 3.92. The molecule has 6 heteroatoms. The number of ether oxygens (including phenoxy) is 1. The first-order valence-electron chi connectivity index (χ1n) is 11.9. The van der Waals surface area contributed by atoms with Gasteiger partial charge in [-0.2, -0.15) is 0 Å². The topological polar surface area (TPSA) is 58.6 Å². The Morgan fingerprint density at radius 1 is 0.971 bits per heavy atom. The van der Waals surface area contributed by atoms with E-state index >= 15 is 0 Å². The predicted octanol–water partition coefficient (Wildman–Crippen LogP) is 5.01. The third-order valence-corrected chi connectivity index (χ3v) is 6.82. The van der Waals surface area contributed by atoms with Crippen molar-refractivity contribution in [1.82, 2.24) is 10.2 Å². The van der Waals surface area contributed by atoms with Gasteiger partial charge in [-0.3, -0.25) is 9.59 Å². The molecule has 5 nitrogen and oxygen atoms in total. The molecule has 2 amide bonds. The van der Waals surface area contributed by atoms with Crippen molar-refractivity contribution in [3.8, 4) is 5.75 Å². The van der Waals surface area contributed by atoms with Crippen LogP contribution >= 0.6 is 11.8 Å². The fourth-order valence-corrected chi connectivity index (χ4v) is 4.90. The average molecular weight is 491 g/mol. The number of methoxy groups -OCH3 is 1. The fraction of sp³-hybridized carbons (Fsp3) is 0.310. The minimum atomic E-state index is -0.616. The van der Waals surface area contributed by atoms with Gasteiger partial charge in [-0.15, -0.1) is 11.8 Å². The van der Waals surface area contributed by atoms with E-state index in [2.05, 4.69) is 24.4 Å². The summed E-state index contributed by atoms with van der Waals surface area (Å²) in [6.45, 7) is 4.81. The highest BCUT2D eigenvalue weighted by atomic mass is 32.2. The second-order valence-electron chi connectivity index (χ2n) is 8.39. The van der Waals surface area contributed by atoms with E-state index < -0.39 is 6.04 Å². The van der Waals surface area contributed by atoms with Crippen molar-refractivity contribution in [1.29, 1.82) is 0 Å². The summed E-state index contributed by atoms with van der Waals surface area (Å²) >= 11 is 1.58. The molecule has 0 aliphatic rings. The van der Waals surface area contributed by atoms with E-state index in [1.54, 1.807) is 23.8 Å². The first-order valence-corrected chi connectivity index (χ1v) is 13.0. The summed E-state index contributed by atoms with van der Waals surface area (Å²) in [4.78, 5) is 28.5. The zero-order valence-electron chi connectivity index (χ0n) is 20.7. The quantitative estimate of drug-likeness (QED) is 0.388. The van der Waals surface area contributed by atoms with Gasteiger partial charge in [0.2, 0.25) is 11.8 Å². The molecule has 0 unspecified atom stereocenters. The van der Waals surface area contributed by atoms with Gasteiger partial charge in [0.05, 0.1) is 12.9 Å². The maximum absolute atomic E-state index is 13.6. The van der Waals surface area contributed by atoms with Gasteiger partial charge in [0.1, 0.15) is 11.8 Å². The summed E-state index contributed by atoms with van der Waals surface area (Å²) in [6, 6.07) is 25.1. The van der Waals surface area contributed by atoms with Crippen LogP contribution in [0.15, 0.2) is 78.9 Å². The molecule has 0 heterocycles. The molecule has 35 heavy (non-hydrogen) atoms. The zero-order valence-corrected chi connectivity index (χ0v) is 21.5. The van der Waals surface area contributed by atoms with E-state index in [9.17, 15) is 9.59 Å². The van der Waals surface area contributed by atoms with Crippen molar-refractivity contribution in [2.45, 2.75) is 38.6 Å². The van der Waals surface area contributed by atoms with Gasteiger partial charge in [-0.05, 0) is 48.2 Å². The number of thioether (sulfide) groups is 1. The Morgan fingerprint density at radius 3 is 2.40 bits per heavy atom. The highest BCUT2D eigenvalue weighted by molar-refractivity contribution is 7.99. The Bertz CT molecular complexity index is 1100. The van der Waals surface area contributed by atoms with Crippen LogP contribution in [0.25, 0.3) is 0 Å². The van der Waals surface area contributed by atoms with Gasteiger partial charge in [0, 0.05) is 25.3 Å². The number of nitrogens with one attached hydrogen (secondary N) is 1. The number of benzene rings is 3. The lowest BCUT2D eigenvalue weighted by Gasteiger charge is -2.31. The Morgan fingerprint density at radius 2 is 1.69 bits per heavy atom. The second-order valence-corrected chi connectivity index (χ2v) is 9.38. The molecule has 0 bridgehead atoms. The van der Waals surface area contributed by atoms with Crippen molar-refractivity contribution >= 4 is 23.6 Å². The minimum Gasteiger partial charge on any atom is -0.497 e. The molecule has 0 aromatic heterocycles. The van der Waals surface area contributed by atoms with Gasteiger partial charge in [-0.1, -0.05) is 66.7 Å². The lowest BCUT2D eigenvalue weighted by Crippen LogP contribution is -2.51. The summed E-state index contributed by atoms with van der Waals surface area (Å²) in [7, 11) is 1.62. The normalized spacial score (nSPS) is 11.5. The monoisotopic (exact) mass is 490 g/mol. The first-order chi connectivity index (χ1) is 17.0. The maximum Gasteiger partial charge on any atom is 0.243 e. The van der Waals surface area contributed by atoms with Gasteiger partial charge in [0.25, 0.3) is 0 Å². The lowest BCUT2D eigenvalue weighted by molar-refractivity contribution is -0.139. The van der Waals surface area contributed by atoms with Gasteiger partial charge < -0.3 is 15.0 Å². The number of likely N-dealkylation sites (N-methyl/N-ethyl adjacent to an activating group) is 1. The van der Waals surface area contributed by atoms with E-state index in [-0.39, 0.29) is 11.8 Å². The third kappa shape index (κ3) is 7.89. The number of carbonyl (C=O) groups excluding carboxylic acids is 2. The van der Waals surface area contributed by atoms with Gasteiger partial charge >= 0.3 is 0 Å². The Hall–Kier alpha value is -3.25. The molecule has 3 rings (SSSR count). The summed E-state index contributed by atoms with van der Waals surface area (Å²) < 4.78 is 5.38. The maximum atomic E-state index is 13.6. The molecule has 0 aliphatic heterocycles. The van der Waals surface area contributed by atoms with E-state index in [0.717, 1.165) is 22.6 Å². The predicted molar refractivity (Wildman–Crippen MR) is 144 cm³/mol. The molecule has 1 atom stereocenters. The van der Waals surface area contributed by atoms with Crippen LogP contribution in [0.2, 0.25) is 0 Å². The molecule has 3 aromatic carbocycles. The van der Waals surface area contributed by atoms with Crippen LogP contribution in [-0.4, -0.2) is 42.2 Å². The molecular formula is C29H34N2O3S. The number of aryl methyl sites for hydroxylation is 1. The van der Waals surface area contributed by atoms with Crippen LogP contribution in [-0.2, 0) is 28.3 Å². The first kappa shape index (κ1) is 26.4. The van der Waals surface area contributed by atoms with Crippen molar-refractivity contribution in [3.05, 3.63) is 101 Å². The van der Waals surface area contributed by atoms with E-state index in [1.165, 1.54) is 11.1 Å². The summed E-state index contributed by atoms with van der Waals surface area (Å²) in [5.41, 5.74) is 4.36. The Labute approximate surface area is 212 Å². The zero-order chi connectivity index (χ0) is 25.0. The van der Waals surface area contributed by atoms with Crippen LogP contribution in [0, 0.1) is 6.92 Å². The van der Waals surface area contributed by atoms with E-state index in [1.807, 2.05) is 73.7 Å². The van der Waals surface area contributed by atoms with Gasteiger partial charge in [-0.25, -0.2) is 0 Å². The van der Waals surface area contributed by atoms with E-state index in [0.29, 0.717) is 25.3 Å². The number of nitrogens with zero attached hydrogens (tertiary/aromatic N) is 1. The average Bonchev–Trinajstić information content (AvgIpc) is 2.88.